The van der Waals surface area contributed by atoms with Crippen molar-refractivity contribution in [1.29, 1.82) is 0 Å². The van der Waals surface area contributed by atoms with Crippen LogP contribution in [0.5, 0.6) is 0 Å². The third kappa shape index (κ3) is 3.97. The number of anilines is 1. The van der Waals surface area contributed by atoms with Crippen molar-refractivity contribution in [2.24, 2.45) is 5.92 Å². The Kier molecular flexibility index (Phi) is 6.06. The Hall–Kier alpha value is -2.18. The molecule has 1 heterocycles. The minimum absolute atomic E-state index is 0.0165. The Bertz CT molecular complexity index is 820. The van der Waals surface area contributed by atoms with Crippen LogP contribution in [0.4, 0.5) is 5.69 Å². The number of fused-ring (bicyclic) bond motifs is 1. The van der Waals surface area contributed by atoms with Gasteiger partial charge in [0, 0.05) is 29.1 Å². The molecule has 6 heteroatoms. The summed E-state index contributed by atoms with van der Waals surface area (Å²) < 4.78 is 1.33. The number of aliphatic hydroxyl groups is 2. The fraction of sp³-hybridized carbons (Fsp3) is 0.500. The largest absolute Gasteiger partial charge is 0.394 e. The maximum atomic E-state index is 12.7. The van der Waals surface area contributed by atoms with E-state index in [1.807, 2.05) is 0 Å². The third-order valence-electron chi connectivity index (χ3n) is 5.26. The van der Waals surface area contributed by atoms with Crippen LogP contribution in [0.2, 0.25) is 0 Å². The van der Waals surface area contributed by atoms with Gasteiger partial charge in [0.1, 0.15) is 0 Å². The minimum Gasteiger partial charge on any atom is -0.394 e. The standard InChI is InChI=1S/C20H26N2O4/c23-12-15(13-24)22-10-9-16-17(20(22)26)7-4-8-18(16)21-19(25)11-14-5-2-1-3-6-14/h4,7-10,14-15,23-24H,1-3,5-6,11-13H2,(H,21,25). The van der Waals surface area contributed by atoms with E-state index in [-0.39, 0.29) is 24.7 Å². The normalized spacial score (nSPS) is 15.5. The molecule has 0 saturated heterocycles. The van der Waals surface area contributed by atoms with Crippen LogP contribution in [0.25, 0.3) is 10.8 Å². The van der Waals surface area contributed by atoms with Crippen molar-refractivity contribution < 1.29 is 15.0 Å². The molecule has 0 radical (unpaired) electrons. The fourth-order valence-electron chi connectivity index (χ4n) is 3.78. The van der Waals surface area contributed by atoms with E-state index >= 15 is 0 Å². The molecule has 3 N–H and O–H groups in total. The van der Waals surface area contributed by atoms with Crippen LogP contribution in [0.3, 0.4) is 0 Å². The summed E-state index contributed by atoms with van der Waals surface area (Å²) in [7, 11) is 0. The lowest BCUT2D eigenvalue weighted by Crippen LogP contribution is -2.29. The number of carbonyl (C=O) groups is 1. The molecule has 1 aromatic carbocycles. The summed E-state index contributed by atoms with van der Waals surface area (Å²) >= 11 is 0. The smallest absolute Gasteiger partial charge is 0.258 e. The molecule has 140 valence electrons. The highest BCUT2D eigenvalue weighted by Gasteiger charge is 2.18. The van der Waals surface area contributed by atoms with Crippen LogP contribution in [0, 0.1) is 5.92 Å². The number of aliphatic hydroxyl groups excluding tert-OH is 2. The monoisotopic (exact) mass is 358 g/mol. The van der Waals surface area contributed by atoms with Gasteiger partial charge < -0.3 is 20.1 Å². The van der Waals surface area contributed by atoms with Gasteiger partial charge in [0.2, 0.25) is 5.91 Å². The van der Waals surface area contributed by atoms with Crippen molar-refractivity contribution in [3.05, 3.63) is 40.8 Å². The second-order valence-corrected chi connectivity index (χ2v) is 7.07. The summed E-state index contributed by atoms with van der Waals surface area (Å²) in [6, 6.07) is 6.29. The molecule has 0 bridgehead atoms. The molecule has 26 heavy (non-hydrogen) atoms. The molecular weight excluding hydrogens is 332 g/mol. The van der Waals surface area contributed by atoms with Crippen molar-refractivity contribution in [3.8, 4) is 0 Å². The Morgan fingerprint density at radius 1 is 1.12 bits per heavy atom. The van der Waals surface area contributed by atoms with Crippen molar-refractivity contribution >= 4 is 22.4 Å². The maximum Gasteiger partial charge on any atom is 0.258 e. The van der Waals surface area contributed by atoms with Crippen molar-refractivity contribution in [1.82, 2.24) is 4.57 Å². The lowest BCUT2D eigenvalue weighted by Gasteiger charge is -2.21. The molecule has 1 aliphatic rings. The molecule has 1 amide bonds. The lowest BCUT2D eigenvalue weighted by molar-refractivity contribution is -0.117. The summed E-state index contributed by atoms with van der Waals surface area (Å²) in [4.78, 5) is 25.1. The molecule has 0 aliphatic heterocycles. The molecule has 0 unspecified atom stereocenters. The summed E-state index contributed by atoms with van der Waals surface area (Å²) in [5.41, 5.74) is 0.330. The zero-order chi connectivity index (χ0) is 18.5. The van der Waals surface area contributed by atoms with Crippen LogP contribution in [-0.4, -0.2) is 33.9 Å². The summed E-state index contributed by atoms with van der Waals surface area (Å²) in [5.74, 6) is 0.433. The van der Waals surface area contributed by atoms with Crippen molar-refractivity contribution in [2.45, 2.75) is 44.6 Å². The number of pyridine rings is 1. The SMILES string of the molecule is O=C(CC1CCCCC1)Nc1cccc2c(=O)n(C(CO)CO)ccc12. The first kappa shape index (κ1) is 18.6. The van der Waals surface area contributed by atoms with E-state index in [0.717, 1.165) is 12.8 Å². The number of aromatic nitrogens is 1. The molecule has 1 aromatic heterocycles. The van der Waals surface area contributed by atoms with Gasteiger partial charge in [-0.3, -0.25) is 9.59 Å². The van der Waals surface area contributed by atoms with E-state index < -0.39 is 6.04 Å². The van der Waals surface area contributed by atoms with Crippen molar-refractivity contribution in [3.63, 3.8) is 0 Å². The number of amides is 1. The maximum absolute atomic E-state index is 12.7. The van der Waals surface area contributed by atoms with Gasteiger partial charge in [-0.25, -0.2) is 0 Å². The molecule has 1 aliphatic carbocycles. The number of nitrogens with one attached hydrogen (secondary N) is 1. The average Bonchev–Trinajstić information content (AvgIpc) is 2.65. The molecule has 3 rings (SSSR count). The quantitative estimate of drug-likeness (QED) is 0.740. The molecule has 1 fully saturated rings. The molecule has 0 spiro atoms. The highest BCUT2D eigenvalue weighted by atomic mass is 16.3. The van der Waals surface area contributed by atoms with Gasteiger partial charge in [-0.1, -0.05) is 25.3 Å². The summed E-state index contributed by atoms with van der Waals surface area (Å²) in [6.07, 6.45) is 7.94. The molecule has 0 atom stereocenters. The van der Waals surface area contributed by atoms with E-state index in [4.69, 9.17) is 0 Å². The van der Waals surface area contributed by atoms with Gasteiger partial charge in [-0.2, -0.15) is 0 Å². The number of carbonyl (C=O) groups excluding carboxylic acids is 1. The van der Waals surface area contributed by atoms with E-state index in [2.05, 4.69) is 5.32 Å². The van der Waals surface area contributed by atoms with Crippen LogP contribution < -0.4 is 10.9 Å². The summed E-state index contributed by atoms with van der Waals surface area (Å²) in [5, 5.41) is 22.7. The number of nitrogens with zero attached hydrogens (tertiary/aromatic N) is 1. The Morgan fingerprint density at radius 3 is 2.54 bits per heavy atom. The lowest BCUT2D eigenvalue weighted by atomic mass is 9.87. The van der Waals surface area contributed by atoms with Gasteiger partial charge in [-0.05, 0) is 37.0 Å². The number of hydrogen-bond donors (Lipinski definition) is 3. The zero-order valence-electron chi connectivity index (χ0n) is 14.9. The second kappa shape index (κ2) is 8.47. The van der Waals surface area contributed by atoms with Gasteiger partial charge in [0.15, 0.2) is 0 Å². The van der Waals surface area contributed by atoms with E-state index in [0.29, 0.717) is 28.8 Å². The second-order valence-electron chi connectivity index (χ2n) is 7.07. The predicted octanol–water partition coefficient (Wildman–Crippen LogP) is 2.44. The Morgan fingerprint density at radius 2 is 1.85 bits per heavy atom. The number of rotatable bonds is 6. The molecule has 2 aromatic rings. The van der Waals surface area contributed by atoms with E-state index in [1.165, 1.54) is 23.8 Å². The van der Waals surface area contributed by atoms with Crippen LogP contribution >= 0.6 is 0 Å². The fourth-order valence-corrected chi connectivity index (χ4v) is 3.78. The topological polar surface area (TPSA) is 91.6 Å². The summed E-state index contributed by atoms with van der Waals surface area (Å²) in [6.45, 7) is -0.639. The molecular formula is C20H26N2O4. The first-order chi connectivity index (χ1) is 12.6. The molecule has 1 saturated carbocycles. The number of hydrogen-bond acceptors (Lipinski definition) is 4. The first-order valence-corrected chi connectivity index (χ1v) is 9.29. The average molecular weight is 358 g/mol. The Labute approximate surface area is 152 Å². The van der Waals surface area contributed by atoms with Crippen LogP contribution in [-0.2, 0) is 4.79 Å². The number of benzene rings is 1. The molecule has 6 nitrogen and oxygen atoms in total. The first-order valence-electron chi connectivity index (χ1n) is 9.29. The highest BCUT2D eigenvalue weighted by molar-refractivity contribution is 6.01. The van der Waals surface area contributed by atoms with Gasteiger partial charge >= 0.3 is 0 Å². The zero-order valence-corrected chi connectivity index (χ0v) is 14.9. The van der Waals surface area contributed by atoms with Crippen LogP contribution in [0.1, 0.15) is 44.6 Å². The highest BCUT2D eigenvalue weighted by Crippen LogP contribution is 2.27. The van der Waals surface area contributed by atoms with Gasteiger partial charge in [0.05, 0.1) is 19.3 Å². The minimum atomic E-state index is -0.670. The van der Waals surface area contributed by atoms with Crippen LogP contribution in [0.15, 0.2) is 35.3 Å². The van der Waals surface area contributed by atoms with Gasteiger partial charge in [-0.15, -0.1) is 0 Å². The van der Waals surface area contributed by atoms with E-state index in [1.54, 1.807) is 30.5 Å². The van der Waals surface area contributed by atoms with E-state index in [9.17, 15) is 19.8 Å². The Balaban J connectivity index is 1.84. The predicted molar refractivity (Wildman–Crippen MR) is 101 cm³/mol. The third-order valence-corrected chi connectivity index (χ3v) is 5.26. The van der Waals surface area contributed by atoms with Gasteiger partial charge in [0.25, 0.3) is 5.56 Å². The van der Waals surface area contributed by atoms with Crippen molar-refractivity contribution in [2.75, 3.05) is 18.5 Å².